The van der Waals surface area contributed by atoms with Crippen LogP contribution < -0.4 is 5.32 Å². The van der Waals surface area contributed by atoms with E-state index in [1.807, 2.05) is 49.4 Å². The van der Waals surface area contributed by atoms with Crippen molar-refractivity contribution in [2.75, 3.05) is 11.9 Å². The van der Waals surface area contributed by atoms with Gasteiger partial charge in [0.05, 0.1) is 12.1 Å². The maximum absolute atomic E-state index is 12.7. The summed E-state index contributed by atoms with van der Waals surface area (Å²) in [4.78, 5) is 17.1. The molecule has 3 heterocycles. The number of aryl methyl sites for hydroxylation is 1. The standard InChI is InChI=1S/C16H14N2O2/c1-10-7-8-12-13(19)16(9-17-15(12)18-10)14(20-16)11-5-3-2-4-6-11/h2-8,14H,9H2,1H3,(H,17,18). The second kappa shape index (κ2) is 3.90. The van der Waals surface area contributed by atoms with E-state index in [4.69, 9.17) is 4.74 Å². The van der Waals surface area contributed by atoms with Gasteiger partial charge in [-0.05, 0) is 24.6 Å². The first-order valence-electron chi connectivity index (χ1n) is 6.70. The highest BCUT2D eigenvalue weighted by atomic mass is 16.6. The number of Topliss-reactive ketones (excluding diaryl/α,β-unsaturated/α-hetero) is 1. The molecule has 2 aliphatic heterocycles. The summed E-state index contributed by atoms with van der Waals surface area (Å²) < 4.78 is 5.79. The fourth-order valence-corrected chi connectivity index (χ4v) is 2.85. The van der Waals surface area contributed by atoms with Crippen molar-refractivity contribution in [1.29, 1.82) is 0 Å². The highest BCUT2D eigenvalue weighted by Gasteiger charge is 2.64. The van der Waals surface area contributed by atoms with Gasteiger partial charge in [0.15, 0.2) is 5.60 Å². The van der Waals surface area contributed by atoms with Crippen molar-refractivity contribution < 1.29 is 9.53 Å². The fraction of sp³-hybridized carbons (Fsp3) is 0.250. The molecule has 1 N–H and O–H groups in total. The highest BCUT2D eigenvalue weighted by Crippen LogP contribution is 2.53. The Labute approximate surface area is 116 Å². The number of carbonyl (C=O) groups excluding carboxylic acids is 1. The van der Waals surface area contributed by atoms with Crippen molar-refractivity contribution in [2.24, 2.45) is 0 Å². The number of ether oxygens (including phenoxy) is 1. The number of anilines is 1. The first kappa shape index (κ1) is 11.6. The molecule has 2 aliphatic rings. The lowest BCUT2D eigenvalue weighted by molar-refractivity contribution is 0.0876. The van der Waals surface area contributed by atoms with Crippen molar-refractivity contribution in [1.82, 2.24) is 4.98 Å². The van der Waals surface area contributed by atoms with E-state index in [9.17, 15) is 4.79 Å². The maximum atomic E-state index is 12.7. The van der Waals surface area contributed by atoms with Gasteiger partial charge in [-0.2, -0.15) is 0 Å². The molecule has 1 fully saturated rings. The number of epoxide rings is 1. The molecule has 1 spiro atoms. The van der Waals surface area contributed by atoms with Crippen molar-refractivity contribution in [3.05, 3.63) is 59.3 Å². The van der Waals surface area contributed by atoms with Gasteiger partial charge in [0.2, 0.25) is 5.78 Å². The van der Waals surface area contributed by atoms with E-state index in [-0.39, 0.29) is 11.9 Å². The summed E-state index contributed by atoms with van der Waals surface area (Å²) in [5.41, 5.74) is 1.83. The van der Waals surface area contributed by atoms with E-state index < -0.39 is 5.60 Å². The van der Waals surface area contributed by atoms with Crippen LogP contribution in [0.4, 0.5) is 5.82 Å². The number of fused-ring (bicyclic) bond motifs is 1. The Bertz CT molecular complexity index is 699. The summed E-state index contributed by atoms with van der Waals surface area (Å²) >= 11 is 0. The third-order valence-corrected chi connectivity index (χ3v) is 3.98. The number of ketones is 1. The number of nitrogens with one attached hydrogen (secondary N) is 1. The molecule has 0 amide bonds. The molecule has 0 aliphatic carbocycles. The summed E-state index contributed by atoms with van der Waals surface area (Å²) in [5, 5.41) is 3.23. The molecule has 1 saturated heterocycles. The van der Waals surface area contributed by atoms with Crippen molar-refractivity contribution in [3.8, 4) is 0 Å². The van der Waals surface area contributed by atoms with Crippen LogP contribution in [0, 0.1) is 6.92 Å². The molecule has 20 heavy (non-hydrogen) atoms. The molecule has 2 unspecified atom stereocenters. The van der Waals surface area contributed by atoms with E-state index in [1.165, 1.54) is 0 Å². The van der Waals surface area contributed by atoms with E-state index in [0.717, 1.165) is 11.3 Å². The van der Waals surface area contributed by atoms with E-state index in [2.05, 4.69) is 10.3 Å². The van der Waals surface area contributed by atoms with Crippen LogP contribution >= 0.6 is 0 Å². The van der Waals surface area contributed by atoms with Crippen LogP contribution in [0.3, 0.4) is 0 Å². The number of rotatable bonds is 1. The third kappa shape index (κ3) is 1.51. The van der Waals surface area contributed by atoms with E-state index in [0.29, 0.717) is 17.9 Å². The molecule has 0 bridgehead atoms. The normalized spacial score (nSPS) is 27.1. The lowest BCUT2D eigenvalue weighted by Gasteiger charge is -2.22. The first-order valence-corrected chi connectivity index (χ1v) is 6.70. The smallest absolute Gasteiger partial charge is 0.203 e. The van der Waals surface area contributed by atoms with Gasteiger partial charge in [-0.15, -0.1) is 0 Å². The summed E-state index contributed by atoms with van der Waals surface area (Å²) in [6.45, 7) is 2.39. The largest absolute Gasteiger partial charge is 0.366 e. The molecule has 1 aromatic heterocycles. The topological polar surface area (TPSA) is 54.5 Å². The fourth-order valence-electron chi connectivity index (χ4n) is 2.85. The monoisotopic (exact) mass is 266 g/mol. The minimum atomic E-state index is -0.745. The van der Waals surface area contributed by atoms with Crippen LogP contribution in [-0.4, -0.2) is 22.9 Å². The van der Waals surface area contributed by atoms with Gasteiger partial charge in [0.25, 0.3) is 0 Å². The Hall–Kier alpha value is -2.20. The van der Waals surface area contributed by atoms with Gasteiger partial charge in [0, 0.05) is 5.69 Å². The number of hydrogen-bond acceptors (Lipinski definition) is 4. The molecule has 4 rings (SSSR count). The zero-order valence-corrected chi connectivity index (χ0v) is 11.1. The van der Waals surface area contributed by atoms with Crippen LogP contribution in [0.1, 0.15) is 27.7 Å². The second-order valence-corrected chi connectivity index (χ2v) is 5.33. The SMILES string of the molecule is Cc1ccc2c(n1)NCC1(OC1c1ccccc1)C2=O. The van der Waals surface area contributed by atoms with Gasteiger partial charge in [0.1, 0.15) is 11.9 Å². The molecule has 0 radical (unpaired) electrons. The lowest BCUT2D eigenvalue weighted by Crippen LogP contribution is -2.39. The third-order valence-electron chi connectivity index (χ3n) is 3.98. The van der Waals surface area contributed by atoms with Crippen LogP contribution in [0.2, 0.25) is 0 Å². The van der Waals surface area contributed by atoms with Crippen LogP contribution in [0.15, 0.2) is 42.5 Å². The van der Waals surface area contributed by atoms with Crippen molar-refractivity contribution in [3.63, 3.8) is 0 Å². The van der Waals surface area contributed by atoms with Gasteiger partial charge >= 0.3 is 0 Å². The average molecular weight is 266 g/mol. The first-order chi connectivity index (χ1) is 9.71. The molecule has 2 atom stereocenters. The number of carbonyl (C=O) groups is 1. The molecular formula is C16H14N2O2. The summed E-state index contributed by atoms with van der Waals surface area (Å²) in [7, 11) is 0. The predicted molar refractivity (Wildman–Crippen MR) is 74.8 cm³/mol. The van der Waals surface area contributed by atoms with Crippen LogP contribution in [-0.2, 0) is 4.74 Å². The van der Waals surface area contributed by atoms with Crippen LogP contribution in [0.25, 0.3) is 0 Å². The molecular weight excluding hydrogens is 252 g/mol. The Morgan fingerprint density at radius 3 is 2.85 bits per heavy atom. The van der Waals surface area contributed by atoms with Crippen LogP contribution in [0.5, 0.6) is 0 Å². The summed E-state index contributed by atoms with van der Waals surface area (Å²) in [5.74, 6) is 0.704. The maximum Gasteiger partial charge on any atom is 0.203 e. The minimum Gasteiger partial charge on any atom is -0.366 e. The van der Waals surface area contributed by atoms with Gasteiger partial charge in [-0.3, -0.25) is 4.79 Å². The molecule has 1 aromatic carbocycles. The zero-order chi connectivity index (χ0) is 13.7. The molecule has 4 nitrogen and oxygen atoms in total. The number of hydrogen-bond donors (Lipinski definition) is 1. The molecule has 2 aromatic rings. The Kier molecular flexibility index (Phi) is 2.26. The predicted octanol–water partition coefficient (Wildman–Crippen LogP) is 2.51. The van der Waals surface area contributed by atoms with Crippen molar-refractivity contribution in [2.45, 2.75) is 18.6 Å². The number of nitrogens with zero attached hydrogens (tertiary/aromatic N) is 1. The minimum absolute atomic E-state index is 0.0348. The quantitative estimate of drug-likeness (QED) is 0.806. The Morgan fingerprint density at radius 1 is 1.25 bits per heavy atom. The van der Waals surface area contributed by atoms with Gasteiger partial charge in [-0.25, -0.2) is 4.98 Å². The van der Waals surface area contributed by atoms with Crippen molar-refractivity contribution >= 4 is 11.6 Å². The summed E-state index contributed by atoms with van der Waals surface area (Å²) in [6.07, 6.45) is -0.154. The number of pyridine rings is 1. The number of benzene rings is 1. The summed E-state index contributed by atoms with van der Waals surface area (Å²) in [6, 6.07) is 13.6. The zero-order valence-electron chi connectivity index (χ0n) is 11.1. The Balaban J connectivity index is 1.70. The molecule has 0 saturated carbocycles. The number of aromatic nitrogens is 1. The van der Waals surface area contributed by atoms with E-state index >= 15 is 0 Å². The molecule has 100 valence electrons. The Morgan fingerprint density at radius 2 is 2.05 bits per heavy atom. The highest BCUT2D eigenvalue weighted by molar-refractivity contribution is 6.10. The lowest BCUT2D eigenvalue weighted by atomic mass is 9.88. The average Bonchev–Trinajstić information content (AvgIpc) is 3.20. The second-order valence-electron chi connectivity index (χ2n) is 5.33. The van der Waals surface area contributed by atoms with Gasteiger partial charge < -0.3 is 10.1 Å². The van der Waals surface area contributed by atoms with E-state index in [1.54, 1.807) is 0 Å². The molecule has 4 heteroatoms. The van der Waals surface area contributed by atoms with Gasteiger partial charge in [-0.1, -0.05) is 30.3 Å².